The van der Waals surface area contributed by atoms with Crippen molar-refractivity contribution in [1.29, 1.82) is 0 Å². The van der Waals surface area contributed by atoms with Crippen LogP contribution in [0.25, 0.3) is 0 Å². The quantitative estimate of drug-likeness (QED) is 0.552. The minimum absolute atomic E-state index is 0.119. The predicted molar refractivity (Wildman–Crippen MR) is 71.0 cm³/mol. The average Bonchev–Trinajstić information content (AvgIpc) is 2.40. The third kappa shape index (κ3) is 2.79. The summed E-state index contributed by atoms with van der Waals surface area (Å²) >= 11 is 0. The van der Waals surface area contributed by atoms with Crippen LogP contribution in [-0.2, 0) is 9.59 Å². The maximum Gasteiger partial charge on any atom is 0.328 e. The minimum atomic E-state index is -1.18. The van der Waals surface area contributed by atoms with Crippen molar-refractivity contribution in [2.24, 2.45) is 0 Å². The molecule has 1 saturated heterocycles. The first-order chi connectivity index (χ1) is 9.49. The molecule has 8 heteroatoms. The van der Waals surface area contributed by atoms with E-state index in [1.165, 1.54) is 0 Å². The van der Waals surface area contributed by atoms with E-state index < -0.39 is 23.9 Å². The largest absolute Gasteiger partial charge is 0.480 e. The van der Waals surface area contributed by atoms with Gasteiger partial charge >= 0.3 is 12.0 Å². The van der Waals surface area contributed by atoms with Crippen molar-refractivity contribution >= 4 is 29.3 Å². The maximum absolute atomic E-state index is 12.1. The molecule has 1 aromatic carbocycles. The van der Waals surface area contributed by atoms with Gasteiger partial charge in [-0.3, -0.25) is 9.69 Å². The van der Waals surface area contributed by atoms with Crippen LogP contribution in [0.4, 0.5) is 16.2 Å². The van der Waals surface area contributed by atoms with Crippen LogP contribution >= 0.6 is 0 Å². The number of rotatable bonds is 2. The zero-order valence-electron chi connectivity index (χ0n) is 10.5. The Balaban J connectivity index is 2.15. The highest BCUT2D eigenvalue weighted by Gasteiger charge is 2.35. The van der Waals surface area contributed by atoms with Crippen LogP contribution in [-0.4, -0.2) is 47.0 Å². The topological polar surface area (TPSA) is 125 Å². The lowest BCUT2D eigenvalue weighted by atomic mass is 10.2. The number of piperazine rings is 1. The number of para-hydroxylation sites is 2. The molecule has 1 atom stereocenters. The summed E-state index contributed by atoms with van der Waals surface area (Å²) in [5.74, 6) is -1.58. The summed E-state index contributed by atoms with van der Waals surface area (Å²) in [5.41, 5.74) is 6.42. The van der Waals surface area contributed by atoms with Crippen LogP contribution in [0.15, 0.2) is 24.3 Å². The van der Waals surface area contributed by atoms with E-state index in [0.29, 0.717) is 11.4 Å². The number of hydrogen-bond donors (Lipinski definition) is 4. The molecule has 0 aromatic heterocycles. The third-order valence-electron chi connectivity index (χ3n) is 2.93. The molecule has 1 aliphatic heterocycles. The number of urea groups is 1. The lowest BCUT2D eigenvalue weighted by Crippen LogP contribution is -2.60. The van der Waals surface area contributed by atoms with E-state index in [0.717, 1.165) is 4.90 Å². The number of nitrogen functional groups attached to an aromatic ring is 1. The Hall–Kier alpha value is -2.77. The van der Waals surface area contributed by atoms with Gasteiger partial charge in [0.05, 0.1) is 11.4 Å². The molecule has 0 bridgehead atoms. The van der Waals surface area contributed by atoms with E-state index in [-0.39, 0.29) is 13.1 Å². The molecule has 1 unspecified atom stereocenters. The predicted octanol–water partition coefficient (Wildman–Crippen LogP) is -0.314. The summed E-state index contributed by atoms with van der Waals surface area (Å²) in [5, 5.41) is 14.0. The number of carboxylic acids is 1. The number of benzene rings is 1. The number of aliphatic carboxylic acids is 1. The molecule has 0 aliphatic carbocycles. The summed E-state index contributed by atoms with van der Waals surface area (Å²) in [6.45, 7) is -0.429. The van der Waals surface area contributed by atoms with Gasteiger partial charge < -0.3 is 21.5 Å². The highest BCUT2D eigenvalue weighted by Crippen LogP contribution is 2.18. The molecule has 1 aliphatic rings. The van der Waals surface area contributed by atoms with Crippen molar-refractivity contribution in [3.05, 3.63) is 24.3 Å². The molecule has 2 rings (SSSR count). The van der Waals surface area contributed by atoms with Crippen molar-refractivity contribution < 1.29 is 19.5 Å². The molecule has 1 heterocycles. The zero-order valence-corrected chi connectivity index (χ0v) is 10.5. The molecule has 20 heavy (non-hydrogen) atoms. The smallest absolute Gasteiger partial charge is 0.328 e. The first kappa shape index (κ1) is 13.7. The zero-order chi connectivity index (χ0) is 14.7. The first-order valence-electron chi connectivity index (χ1n) is 5.90. The SMILES string of the molecule is Nc1ccccc1NC(=O)N1CC(=O)NCC1C(=O)O. The number of nitrogens with zero attached hydrogens (tertiary/aromatic N) is 1. The molecular weight excluding hydrogens is 264 g/mol. The van der Waals surface area contributed by atoms with Crippen LogP contribution in [0.5, 0.6) is 0 Å². The lowest BCUT2D eigenvalue weighted by molar-refractivity contribution is -0.144. The first-order valence-corrected chi connectivity index (χ1v) is 5.90. The van der Waals surface area contributed by atoms with E-state index >= 15 is 0 Å². The van der Waals surface area contributed by atoms with Gasteiger partial charge in [-0.25, -0.2) is 9.59 Å². The van der Waals surface area contributed by atoms with E-state index in [1.807, 2.05) is 0 Å². The molecule has 0 radical (unpaired) electrons. The maximum atomic E-state index is 12.1. The van der Waals surface area contributed by atoms with Crippen LogP contribution in [0.3, 0.4) is 0 Å². The number of hydrogen-bond acceptors (Lipinski definition) is 4. The Morgan fingerprint density at radius 1 is 1.40 bits per heavy atom. The number of carboxylic acid groups (broad SMARTS) is 1. The lowest BCUT2D eigenvalue weighted by Gasteiger charge is -2.32. The van der Waals surface area contributed by atoms with Gasteiger partial charge in [-0.1, -0.05) is 12.1 Å². The number of amides is 3. The van der Waals surface area contributed by atoms with Gasteiger partial charge in [0.2, 0.25) is 5.91 Å². The fourth-order valence-corrected chi connectivity index (χ4v) is 1.87. The summed E-state index contributed by atoms with van der Waals surface area (Å²) in [4.78, 5) is 35.5. The Morgan fingerprint density at radius 3 is 2.75 bits per heavy atom. The minimum Gasteiger partial charge on any atom is -0.480 e. The molecule has 0 spiro atoms. The Bertz CT molecular complexity index is 560. The van der Waals surface area contributed by atoms with Crippen LogP contribution < -0.4 is 16.4 Å². The number of carbonyl (C=O) groups is 3. The van der Waals surface area contributed by atoms with Gasteiger partial charge in [0.25, 0.3) is 0 Å². The fraction of sp³-hybridized carbons (Fsp3) is 0.250. The highest BCUT2D eigenvalue weighted by atomic mass is 16.4. The number of carbonyl (C=O) groups excluding carboxylic acids is 2. The highest BCUT2D eigenvalue weighted by molar-refractivity contribution is 5.98. The second-order valence-electron chi connectivity index (χ2n) is 4.30. The van der Waals surface area contributed by atoms with Crippen molar-refractivity contribution in [1.82, 2.24) is 10.2 Å². The van der Waals surface area contributed by atoms with Crippen molar-refractivity contribution in [3.63, 3.8) is 0 Å². The Kier molecular flexibility index (Phi) is 3.74. The van der Waals surface area contributed by atoms with Gasteiger partial charge in [-0.05, 0) is 12.1 Å². The van der Waals surface area contributed by atoms with Gasteiger partial charge in [0.15, 0.2) is 0 Å². The molecule has 0 saturated carbocycles. The standard InChI is InChI=1S/C12H14N4O4/c13-7-3-1-2-4-8(7)15-12(20)16-6-10(17)14-5-9(16)11(18)19/h1-4,9H,5-6,13H2,(H,14,17)(H,15,20)(H,18,19). The molecule has 106 valence electrons. The van der Waals surface area contributed by atoms with Gasteiger partial charge in [0, 0.05) is 6.54 Å². The van der Waals surface area contributed by atoms with Crippen molar-refractivity contribution in [2.45, 2.75) is 6.04 Å². The summed E-state index contributed by atoms with van der Waals surface area (Å²) < 4.78 is 0. The van der Waals surface area contributed by atoms with E-state index in [9.17, 15) is 14.4 Å². The van der Waals surface area contributed by atoms with Crippen LogP contribution in [0.2, 0.25) is 0 Å². The third-order valence-corrected chi connectivity index (χ3v) is 2.93. The van der Waals surface area contributed by atoms with Gasteiger partial charge in [-0.15, -0.1) is 0 Å². The summed E-state index contributed by atoms with van der Waals surface area (Å²) in [6, 6.07) is 4.81. The van der Waals surface area contributed by atoms with Gasteiger partial charge in [-0.2, -0.15) is 0 Å². The molecule has 8 nitrogen and oxygen atoms in total. The fourth-order valence-electron chi connectivity index (χ4n) is 1.87. The number of nitrogens with two attached hydrogens (primary N) is 1. The molecule has 3 amide bonds. The molecule has 1 fully saturated rings. The normalized spacial score (nSPS) is 18.3. The van der Waals surface area contributed by atoms with Crippen molar-refractivity contribution in [3.8, 4) is 0 Å². The number of anilines is 2. The average molecular weight is 278 g/mol. The second-order valence-corrected chi connectivity index (χ2v) is 4.30. The molecule has 1 aromatic rings. The molecular formula is C12H14N4O4. The molecule has 5 N–H and O–H groups in total. The Morgan fingerprint density at radius 2 is 2.10 bits per heavy atom. The summed E-state index contributed by atoms with van der Waals surface area (Å²) in [6.07, 6.45) is 0. The van der Waals surface area contributed by atoms with Gasteiger partial charge in [0.1, 0.15) is 12.6 Å². The second kappa shape index (κ2) is 5.47. The Labute approximate surface area is 114 Å². The summed E-state index contributed by atoms with van der Waals surface area (Å²) in [7, 11) is 0. The van der Waals surface area contributed by atoms with Crippen LogP contribution in [0, 0.1) is 0 Å². The van der Waals surface area contributed by atoms with E-state index in [2.05, 4.69) is 10.6 Å². The van der Waals surface area contributed by atoms with E-state index in [4.69, 9.17) is 10.8 Å². The van der Waals surface area contributed by atoms with Crippen molar-refractivity contribution in [2.75, 3.05) is 24.1 Å². The monoisotopic (exact) mass is 278 g/mol. The van der Waals surface area contributed by atoms with Crippen LogP contribution in [0.1, 0.15) is 0 Å². The van der Waals surface area contributed by atoms with E-state index in [1.54, 1.807) is 24.3 Å². The number of nitrogens with one attached hydrogen (secondary N) is 2.